The first-order chi connectivity index (χ1) is 9.15. The van der Waals surface area contributed by atoms with Crippen molar-refractivity contribution in [2.24, 2.45) is 0 Å². The van der Waals surface area contributed by atoms with E-state index in [1.165, 1.54) is 12.1 Å². The summed E-state index contributed by atoms with van der Waals surface area (Å²) in [6, 6.07) is 13.1. The SMILES string of the molecule is O=C(NCc1ccccc1)Nc1ccc(Cl)cc1F. The van der Waals surface area contributed by atoms with E-state index >= 15 is 0 Å². The molecule has 0 saturated carbocycles. The van der Waals surface area contributed by atoms with Crippen molar-refractivity contribution in [3.63, 3.8) is 0 Å². The summed E-state index contributed by atoms with van der Waals surface area (Å²) in [6.45, 7) is 0.377. The number of carbonyl (C=O) groups is 1. The van der Waals surface area contributed by atoms with Gasteiger partial charge in [-0.25, -0.2) is 9.18 Å². The van der Waals surface area contributed by atoms with Gasteiger partial charge in [-0.1, -0.05) is 41.9 Å². The van der Waals surface area contributed by atoms with Gasteiger partial charge in [-0.3, -0.25) is 0 Å². The minimum Gasteiger partial charge on any atom is -0.334 e. The minimum absolute atomic E-state index is 0.0926. The molecule has 2 rings (SSSR count). The van der Waals surface area contributed by atoms with Crippen LogP contribution in [0.1, 0.15) is 5.56 Å². The number of rotatable bonds is 3. The molecule has 0 aliphatic carbocycles. The van der Waals surface area contributed by atoms with Crippen molar-refractivity contribution in [1.29, 1.82) is 0 Å². The summed E-state index contributed by atoms with van der Waals surface area (Å²) in [7, 11) is 0. The molecule has 2 aromatic rings. The minimum atomic E-state index is -0.567. The van der Waals surface area contributed by atoms with Gasteiger partial charge >= 0.3 is 6.03 Å². The Bertz CT molecular complexity index is 575. The zero-order chi connectivity index (χ0) is 13.7. The number of carbonyl (C=O) groups excluding carboxylic acids is 1. The molecule has 0 atom stereocenters. The zero-order valence-corrected chi connectivity index (χ0v) is 10.7. The molecule has 0 heterocycles. The molecular formula is C14H12ClFN2O. The van der Waals surface area contributed by atoms with Crippen LogP contribution in [0.25, 0.3) is 0 Å². The second kappa shape index (κ2) is 6.20. The van der Waals surface area contributed by atoms with Gasteiger partial charge in [0, 0.05) is 11.6 Å². The number of amides is 2. The predicted molar refractivity (Wildman–Crippen MR) is 73.7 cm³/mol. The first-order valence-corrected chi connectivity index (χ1v) is 6.07. The van der Waals surface area contributed by atoms with Crippen LogP contribution in [0.5, 0.6) is 0 Å². The van der Waals surface area contributed by atoms with Crippen LogP contribution in [0.2, 0.25) is 5.02 Å². The van der Waals surface area contributed by atoms with Crippen LogP contribution in [-0.4, -0.2) is 6.03 Å². The molecule has 0 fully saturated rings. The lowest BCUT2D eigenvalue weighted by Gasteiger charge is -2.08. The Morgan fingerprint density at radius 3 is 2.58 bits per heavy atom. The maximum atomic E-state index is 13.4. The number of hydrogen-bond acceptors (Lipinski definition) is 1. The number of anilines is 1. The van der Waals surface area contributed by atoms with Crippen LogP contribution in [0, 0.1) is 5.82 Å². The maximum Gasteiger partial charge on any atom is 0.319 e. The molecule has 0 aliphatic heterocycles. The van der Waals surface area contributed by atoms with Gasteiger partial charge in [-0.15, -0.1) is 0 Å². The van der Waals surface area contributed by atoms with Crippen molar-refractivity contribution in [3.05, 3.63) is 64.9 Å². The topological polar surface area (TPSA) is 41.1 Å². The van der Waals surface area contributed by atoms with E-state index in [9.17, 15) is 9.18 Å². The first-order valence-electron chi connectivity index (χ1n) is 5.69. The fourth-order valence-electron chi connectivity index (χ4n) is 1.54. The molecule has 5 heteroatoms. The largest absolute Gasteiger partial charge is 0.334 e. The summed E-state index contributed by atoms with van der Waals surface area (Å²) in [6.07, 6.45) is 0. The first kappa shape index (κ1) is 13.4. The molecule has 0 saturated heterocycles. The Kier molecular flexibility index (Phi) is 4.36. The Balaban J connectivity index is 1.91. The van der Waals surface area contributed by atoms with Gasteiger partial charge in [0.25, 0.3) is 0 Å². The van der Waals surface area contributed by atoms with E-state index in [1.54, 1.807) is 0 Å². The quantitative estimate of drug-likeness (QED) is 0.881. The lowest BCUT2D eigenvalue weighted by molar-refractivity contribution is 0.251. The normalized spacial score (nSPS) is 10.0. The van der Waals surface area contributed by atoms with Gasteiger partial charge in [0.15, 0.2) is 0 Å². The maximum absolute atomic E-state index is 13.4. The van der Waals surface area contributed by atoms with Crippen LogP contribution >= 0.6 is 11.6 Å². The van der Waals surface area contributed by atoms with Crippen LogP contribution < -0.4 is 10.6 Å². The van der Waals surface area contributed by atoms with Crippen molar-refractivity contribution in [2.45, 2.75) is 6.54 Å². The van der Waals surface area contributed by atoms with Crippen LogP contribution in [0.15, 0.2) is 48.5 Å². The van der Waals surface area contributed by atoms with E-state index in [0.29, 0.717) is 6.54 Å². The summed E-state index contributed by atoms with van der Waals surface area (Å²) < 4.78 is 13.4. The average molecular weight is 279 g/mol. The highest BCUT2D eigenvalue weighted by Gasteiger charge is 2.06. The van der Waals surface area contributed by atoms with E-state index < -0.39 is 11.8 Å². The fourth-order valence-corrected chi connectivity index (χ4v) is 1.69. The molecule has 0 radical (unpaired) electrons. The van der Waals surface area contributed by atoms with E-state index in [0.717, 1.165) is 11.6 Å². The molecule has 19 heavy (non-hydrogen) atoms. The van der Waals surface area contributed by atoms with Crippen molar-refractivity contribution < 1.29 is 9.18 Å². The Labute approximate surface area is 115 Å². The standard InChI is InChI=1S/C14H12ClFN2O/c15-11-6-7-13(12(16)8-11)18-14(19)17-9-10-4-2-1-3-5-10/h1-8H,9H2,(H2,17,18,19). The van der Waals surface area contributed by atoms with Gasteiger partial charge in [0.05, 0.1) is 5.69 Å². The molecule has 2 amide bonds. The third kappa shape index (κ3) is 3.96. The van der Waals surface area contributed by atoms with Crippen molar-refractivity contribution >= 4 is 23.3 Å². The van der Waals surface area contributed by atoms with E-state index in [2.05, 4.69) is 10.6 Å². The second-order valence-corrected chi connectivity index (χ2v) is 4.35. The highest BCUT2D eigenvalue weighted by molar-refractivity contribution is 6.30. The van der Waals surface area contributed by atoms with Gasteiger partial charge in [0.1, 0.15) is 5.82 Å². The van der Waals surface area contributed by atoms with Crippen LogP contribution in [-0.2, 0) is 6.54 Å². The molecule has 0 spiro atoms. The van der Waals surface area contributed by atoms with E-state index in [4.69, 9.17) is 11.6 Å². The molecule has 98 valence electrons. The van der Waals surface area contributed by atoms with E-state index in [1.807, 2.05) is 30.3 Å². The number of halogens is 2. The van der Waals surface area contributed by atoms with Gasteiger partial charge in [-0.05, 0) is 23.8 Å². The van der Waals surface area contributed by atoms with Crippen LogP contribution in [0.4, 0.5) is 14.9 Å². The predicted octanol–water partition coefficient (Wildman–Crippen LogP) is 3.80. The van der Waals surface area contributed by atoms with E-state index in [-0.39, 0.29) is 10.7 Å². The fraction of sp³-hybridized carbons (Fsp3) is 0.0714. The summed E-state index contributed by atoms with van der Waals surface area (Å²) in [5.74, 6) is -0.567. The van der Waals surface area contributed by atoms with Gasteiger partial charge < -0.3 is 10.6 Å². The molecule has 2 N–H and O–H groups in total. The summed E-state index contributed by atoms with van der Waals surface area (Å²) in [5.41, 5.74) is 1.06. The zero-order valence-electron chi connectivity index (χ0n) is 9.99. The molecule has 2 aromatic carbocycles. The summed E-state index contributed by atoms with van der Waals surface area (Å²) in [5, 5.41) is 5.35. The monoisotopic (exact) mass is 278 g/mol. The lowest BCUT2D eigenvalue weighted by atomic mass is 10.2. The third-order valence-electron chi connectivity index (χ3n) is 2.48. The highest BCUT2D eigenvalue weighted by atomic mass is 35.5. The highest BCUT2D eigenvalue weighted by Crippen LogP contribution is 2.18. The number of hydrogen-bond donors (Lipinski definition) is 2. The van der Waals surface area contributed by atoms with Gasteiger partial charge in [-0.2, -0.15) is 0 Å². The number of urea groups is 1. The molecule has 0 aliphatic rings. The Hall–Kier alpha value is -2.07. The van der Waals surface area contributed by atoms with Crippen LogP contribution in [0.3, 0.4) is 0 Å². The summed E-state index contributed by atoms with van der Waals surface area (Å²) >= 11 is 5.63. The van der Waals surface area contributed by atoms with Gasteiger partial charge in [0.2, 0.25) is 0 Å². The van der Waals surface area contributed by atoms with Crippen molar-refractivity contribution in [3.8, 4) is 0 Å². The van der Waals surface area contributed by atoms with Crippen molar-refractivity contribution in [2.75, 3.05) is 5.32 Å². The second-order valence-electron chi connectivity index (χ2n) is 3.92. The summed E-state index contributed by atoms with van der Waals surface area (Å²) in [4.78, 5) is 11.6. The average Bonchev–Trinajstić information content (AvgIpc) is 2.41. The molecule has 0 aromatic heterocycles. The molecule has 0 unspecified atom stereocenters. The number of benzene rings is 2. The Morgan fingerprint density at radius 1 is 1.16 bits per heavy atom. The van der Waals surface area contributed by atoms with Crippen molar-refractivity contribution in [1.82, 2.24) is 5.32 Å². The molecule has 3 nitrogen and oxygen atoms in total. The third-order valence-corrected chi connectivity index (χ3v) is 2.71. The smallest absolute Gasteiger partial charge is 0.319 e. The Morgan fingerprint density at radius 2 is 1.89 bits per heavy atom. The molecular weight excluding hydrogens is 267 g/mol. The lowest BCUT2D eigenvalue weighted by Crippen LogP contribution is -2.28. The molecule has 0 bridgehead atoms. The number of nitrogens with one attached hydrogen (secondary N) is 2.